The molecule has 0 atom stereocenters. The van der Waals surface area contributed by atoms with Gasteiger partial charge in [0.2, 0.25) is 0 Å². The third-order valence-electron chi connectivity index (χ3n) is 5.46. The molecule has 0 aromatic carbocycles. The SMILES string of the molecule is Cc1nc(N2CCN(C)CC2)cc(N2CCN(C(=O)c3ccncc3)CC2)n1. The van der Waals surface area contributed by atoms with Gasteiger partial charge in [0.05, 0.1) is 0 Å². The van der Waals surface area contributed by atoms with Crippen LogP contribution >= 0.6 is 0 Å². The van der Waals surface area contributed by atoms with Crippen LogP contribution < -0.4 is 9.80 Å². The van der Waals surface area contributed by atoms with Gasteiger partial charge in [-0.25, -0.2) is 9.97 Å². The van der Waals surface area contributed by atoms with Crippen molar-refractivity contribution in [2.45, 2.75) is 6.92 Å². The largest absolute Gasteiger partial charge is 0.354 e. The van der Waals surface area contributed by atoms with Gasteiger partial charge in [-0.05, 0) is 26.1 Å². The second-order valence-electron chi connectivity index (χ2n) is 7.44. The van der Waals surface area contributed by atoms with E-state index in [4.69, 9.17) is 0 Å². The molecule has 28 heavy (non-hydrogen) atoms. The smallest absolute Gasteiger partial charge is 0.254 e. The number of carbonyl (C=O) groups is 1. The Bertz CT molecular complexity index is 813. The van der Waals surface area contributed by atoms with Crippen molar-refractivity contribution in [2.24, 2.45) is 0 Å². The summed E-state index contributed by atoms with van der Waals surface area (Å²) < 4.78 is 0. The van der Waals surface area contributed by atoms with Crippen molar-refractivity contribution >= 4 is 17.5 Å². The van der Waals surface area contributed by atoms with Crippen LogP contribution in [0.3, 0.4) is 0 Å². The van der Waals surface area contributed by atoms with Crippen LogP contribution in [0, 0.1) is 6.92 Å². The summed E-state index contributed by atoms with van der Waals surface area (Å²) in [4.78, 5) is 34.8. The van der Waals surface area contributed by atoms with Crippen molar-refractivity contribution in [3.05, 3.63) is 42.0 Å². The summed E-state index contributed by atoms with van der Waals surface area (Å²) in [5.74, 6) is 2.82. The molecule has 8 heteroatoms. The maximum Gasteiger partial charge on any atom is 0.254 e. The molecule has 0 bridgehead atoms. The number of rotatable bonds is 3. The van der Waals surface area contributed by atoms with E-state index in [1.807, 2.05) is 11.8 Å². The van der Waals surface area contributed by atoms with Gasteiger partial charge < -0.3 is 19.6 Å². The van der Waals surface area contributed by atoms with E-state index in [0.29, 0.717) is 18.7 Å². The maximum atomic E-state index is 12.6. The standard InChI is InChI=1S/C20H27N7O/c1-16-22-18(25-9-7-24(2)8-10-25)15-19(23-16)26-11-13-27(14-12-26)20(28)17-3-5-21-6-4-17/h3-6,15H,7-14H2,1-2H3. The summed E-state index contributed by atoms with van der Waals surface area (Å²) in [7, 11) is 2.15. The summed E-state index contributed by atoms with van der Waals surface area (Å²) in [6.07, 6.45) is 3.32. The Labute approximate surface area is 165 Å². The predicted molar refractivity (Wildman–Crippen MR) is 109 cm³/mol. The lowest BCUT2D eigenvalue weighted by atomic mass is 10.2. The second-order valence-corrected chi connectivity index (χ2v) is 7.44. The number of amides is 1. The highest BCUT2D eigenvalue weighted by Crippen LogP contribution is 2.22. The first-order valence-corrected chi connectivity index (χ1v) is 9.83. The van der Waals surface area contributed by atoms with Gasteiger partial charge in [-0.1, -0.05) is 0 Å². The Balaban J connectivity index is 1.42. The average molecular weight is 381 g/mol. The fourth-order valence-electron chi connectivity index (χ4n) is 3.71. The third-order valence-corrected chi connectivity index (χ3v) is 5.46. The van der Waals surface area contributed by atoms with Crippen molar-refractivity contribution in [3.63, 3.8) is 0 Å². The van der Waals surface area contributed by atoms with Gasteiger partial charge in [0, 0.05) is 76.4 Å². The third kappa shape index (κ3) is 4.06. The molecule has 2 aromatic heterocycles. The molecule has 4 rings (SSSR count). The first-order valence-electron chi connectivity index (χ1n) is 9.83. The molecular formula is C20H27N7O. The fraction of sp³-hybridized carbons (Fsp3) is 0.500. The molecule has 2 aliphatic heterocycles. The molecule has 0 unspecified atom stereocenters. The Morgan fingerprint density at radius 2 is 1.39 bits per heavy atom. The zero-order valence-corrected chi connectivity index (χ0v) is 16.6. The Kier molecular flexibility index (Phi) is 5.38. The van der Waals surface area contributed by atoms with Crippen LogP contribution in [0.15, 0.2) is 30.6 Å². The highest BCUT2D eigenvalue weighted by Gasteiger charge is 2.24. The minimum Gasteiger partial charge on any atom is -0.354 e. The molecule has 0 radical (unpaired) electrons. The molecular weight excluding hydrogens is 354 g/mol. The molecule has 0 N–H and O–H groups in total. The number of aromatic nitrogens is 3. The van der Waals surface area contributed by atoms with Gasteiger partial charge in [0.1, 0.15) is 17.5 Å². The molecule has 1 amide bonds. The molecule has 2 saturated heterocycles. The second kappa shape index (κ2) is 8.10. The number of nitrogens with zero attached hydrogens (tertiary/aromatic N) is 7. The minimum atomic E-state index is 0.0686. The quantitative estimate of drug-likeness (QED) is 0.782. The number of hydrogen-bond donors (Lipinski definition) is 0. The number of hydrogen-bond acceptors (Lipinski definition) is 7. The molecule has 0 spiro atoms. The molecule has 2 aromatic rings. The van der Waals surface area contributed by atoms with E-state index in [1.165, 1.54) is 0 Å². The normalized spacial score (nSPS) is 18.4. The van der Waals surface area contributed by atoms with Crippen LogP contribution in [-0.4, -0.2) is 90.1 Å². The van der Waals surface area contributed by atoms with Crippen molar-refractivity contribution in [3.8, 4) is 0 Å². The van der Waals surface area contributed by atoms with Gasteiger partial charge in [-0.2, -0.15) is 0 Å². The first-order chi connectivity index (χ1) is 13.6. The maximum absolute atomic E-state index is 12.6. The molecule has 0 saturated carbocycles. The summed E-state index contributed by atoms with van der Waals surface area (Å²) in [6, 6.07) is 5.63. The van der Waals surface area contributed by atoms with Crippen LogP contribution in [0.2, 0.25) is 0 Å². The number of carbonyl (C=O) groups excluding carboxylic acids is 1. The predicted octanol–water partition coefficient (Wildman–Crippen LogP) is 0.894. The molecule has 0 aliphatic carbocycles. The van der Waals surface area contributed by atoms with Gasteiger partial charge in [0.15, 0.2) is 0 Å². The number of aryl methyl sites for hydroxylation is 1. The van der Waals surface area contributed by atoms with Crippen molar-refractivity contribution < 1.29 is 4.79 Å². The number of likely N-dealkylation sites (N-methyl/N-ethyl adjacent to an activating group) is 1. The van der Waals surface area contributed by atoms with Crippen LogP contribution in [0.25, 0.3) is 0 Å². The van der Waals surface area contributed by atoms with Crippen LogP contribution in [0.1, 0.15) is 16.2 Å². The van der Waals surface area contributed by atoms with E-state index < -0.39 is 0 Å². The van der Waals surface area contributed by atoms with Crippen molar-refractivity contribution in [2.75, 3.05) is 69.2 Å². The lowest BCUT2D eigenvalue weighted by molar-refractivity contribution is 0.0746. The number of piperazine rings is 2. The van der Waals surface area contributed by atoms with E-state index in [0.717, 1.165) is 56.7 Å². The average Bonchev–Trinajstić information content (AvgIpc) is 2.74. The van der Waals surface area contributed by atoms with Crippen LogP contribution in [0.4, 0.5) is 11.6 Å². The van der Waals surface area contributed by atoms with Gasteiger partial charge in [-0.15, -0.1) is 0 Å². The molecule has 2 fully saturated rings. The summed E-state index contributed by atoms with van der Waals surface area (Å²) in [5.41, 5.74) is 0.693. The molecule has 2 aliphatic rings. The minimum absolute atomic E-state index is 0.0686. The summed E-state index contributed by atoms with van der Waals surface area (Å²) in [6.45, 7) is 8.95. The Hall–Kier alpha value is -2.74. The Morgan fingerprint density at radius 1 is 0.857 bits per heavy atom. The zero-order chi connectivity index (χ0) is 19.5. The fourth-order valence-corrected chi connectivity index (χ4v) is 3.71. The molecule has 4 heterocycles. The van der Waals surface area contributed by atoms with Crippen molar-refractivity contribution in [1.82, 2.24) is 24.8 Å². The summed E-state index contributed by atoms with van der Waals surface area (Å²) >= 11 is 0. The highest BCUT2D eigenvalue weighted by atomic mass is 16.2. The molecule has 148 valence electrons. The monoisotopic (exact) mass is 381 g/mol. The topological polar surface area (TPSA) is 68.7 Å². The van der Waals surface area contributed by atoms with Gasteiger partial charge >= 0.3 is 0 Å². The highest BCUT2D eigenvalue weighted by molar-refractivity contribution is 5.94. The van der Waals surface area contributed by atoms with Crippen molar-refractivity contribution in [1.29, 1.82) is 0 Å². The lowest BCUT2D eigenvalue weighted by Crippen LogP contribution is -2.49. The number of pyridine rings is 1. The van der Waals surface area contributed by atoms with Gasteiger partial charge in [0.25, 0.3) is 5.91 Å². The van der Waals surface area contributed by atoms with E-state index in [1.54, 1.807) is 24.5 Å². The zero-order valence-electron chi connectivity index (χ0n) is 16.6. The first kappa shape index (κ1) is 18.6. The van der Waals surface area contributed by atoms with E-state index in [-0.39, 0.29) is 5.91 Å². The van der Waals surface area contributed by atoms with Crippen LogP contribution in [0.5, 0.6) is 0 Å². The van der Waals surface area contributed by atoms with Crippen LogP contribution in [-0.2, 0) is 0 Å². The Morgan fingerprint density at radius 3 is 1.96 bits per heavy atom. The summed E-state index contributed by atoms with van der Waals surface area (Å²) in [5, 5.41) is 0. The number of anilines is 2. The molecule has 8 nitrogen and oxygen atoms in total. The lowest BCUT2D eigenvalue weighted by Gasteiger charge is -2.36. The van der Waals surface area contributed by atoms with E-state index in [2.05, 4.69) is 42.8 Å². The van der Waals surface area contributed by atoms with Gasteiger partial charge in [-0.3, -0.25) is 9.78 Å². The van der Waals surface area contributed by atoms with E-state index in [9.17, 15) is 4.79 Å². The van der Waals surface area contributed by atoms with E-state index >= 15 is 0 Å².